The summed E-state index contributed by atoms with van der Waals surface area (Å²) in [5.74, 6) is -0.780. The van der Waals surface area contributed by atoms with Crippen LogP contribution in [0.2, 0.25) is 0 Å². The molecule has 0 radical (unpaired) electrons. The number of hydrogen-bond acceptors (Lipinski definition) is 15. The maximum Gasteiger partial charge on any atom is 0.419 e. The second-order valence-electron chi connectivity index (χ2n) is 19.4. The molecule has 4 aliphatic rings. The van der Waals surface area contributed by atoms with Crippen LogP contribution in [0.25, 0.3) is 0 Å². The Morgan fingerprint density at radius 3 is 1.91 bits per heavy atom. The summed E-state index contributed by atoms with van der Waals surface area (Å²) in [5, 5.41) is 17.0. The molecule has 0 fully saturated rings. The molecule has 0 aliphatic carbocycles. The van der Waals surface area contributed by atoms with Crippen LogP contribution in [0.1, 0.15) is 98.6 Å². The average Bonchev–Trinajstić information content (AvgIpc) is 4.01. The number of methoxy groups -OCH3 is 2. The van der Waals surface area contributed by atoms with Crippen molar-refractivity contribution >= 4 is 53.2 Å². The van der Waals surface area contributed by atoms with Gasteiger partial charge in [0.1, 0.15) is 12.6 Å². The van der Waals surface area contributed by atoms with Crippen molar-refractivity contribution in [2.75, 3.05) is 43.8 Å². The van der Waals surface area contributed by atoms with Gasteiger partial charge in [0.05, 0.1) is 87.1 Å². The van der Waals surface area contributed by atoms with Crippen LogP contribution in [-0.4, -0.2) is 121 Å². The minimum atomic E-state index is -1.52. The van der Waals surface area contributed by atoms with Gasteiger partial charge in [-0.05, 0) is 82.1 Å². The van der Waals surface area contributed by atoms with Crippen LogP contribution < -0.4 is 39.4 Å². The number of nitrogens with zero attached hydrogens (tertiary/aromatic N) is 4. The predicted octanol–water partition coefficient (Wildman–Crippen LogP) is 7.65. The van der Waals surface area contributed by atoms with E-state index in [2.05, 4.69) is 28.5 Å². The summed E-state index contributed by atoms with van der Waals surface area (Å²) < 4.78 is 39.3. The molecule has 21 heteroatoms. The number of aliphatic hydroxyl groups excluding tert-OH is 1. The first-order chi connectivity index (χ1) is 36.9. The number of hydrogen-bond donors (Lipinski definition) is 3. The normalized spacial score (nSPS) is 18.2. The van der Waals surface area contributed by atoms with Crippen molar-refractivity contribution in [3.63, 3.8) is 0 Å². The van der Waals surface area contributed by atoms with E-state index in [1.54, 1.807) is 74.5 Å². The Balaban J connectivity index is 0.979. The molecule has 3 N–H and O–H groups in total. The summed E-state index contributed by atoms with van der Waals surface area (Å²) >= 11 is 0. The number of ether oxygens (including phenoxy) is 7. The van der Waals surface area contributed by atoms with Gasteiger partial charge in [0, 0.05) is 31.0 Å². The lowest BCUT2D eigenvalue weighted by molar-refractivity contribution is -0.129. The van der Waals surface area contributed by atoms with Gasteiger partial charge in [-0.15, -0.1) is 0 Å². The van der Waals surface area contributed by atoms with Gasteiger partial charge in [-0.1, -0.05) is 62.4 Å². The van der Waals surface area contributed by atoms with E-state index >= 15 is 0 Å². The van der Waals surface area contributed by atoms with Gasteiger partial charge in [0.15, 0.2) is 35.0 Å². The third-order valence-corrected chi connectivity index (χ3v) is 13.5. The number of alkyl carbamates (subject to hydrolysis) is 1. The number of rotatable bonds is 21. The molecule has 21 nitrogen and oxygen atoms in total. The lowest BCUT2D eigenvalue weighted by Gasteiger charge is -2.31. The Morgan fingerprint density at radius 1 is 0.727 bits per heavy atom. The lowest BCUT2D eigenvalue weighted by atomic mass is 10.0. The second-order valence-corrected chi connectivity index (χ2v) is 19.4. The number of carbonyl (C=O) groups excluding carboxylic acids is 7. The summed E-state index contributed by atoms with van der Waals surface area (Å²) in [6.07, 6.45) is 4.10. The molecule has 77 heavy (non-hydrogen) atoms. The molecule has 4 aliphatic heterocycles. The van der Waals surface area contributed by atoms with Crippen LogP contribution >= 0.6 is 0 Å². The fraction of sp³-hybridized carbons (Fsp3) is 0.411. The smallest absolute Gasteiger partial charge is 0.419 e. The zero-order valence-electron chi connectivity index (χ0n) is 44.3. The number of unbranched alkanes of at least 4 members (excludes halogenated alkanes) is 2. The monoisotopic (exact) mass is 1060 g/mol. The zero-order chi connectivity index (χ0) is 55.7. The SMILES string of the molecule is C=COC(=O)N[C@H](C(=O)N[C@@H](C)C(=O)Cc1ccc(COC(=O)N2c3cc(OCCCCCOc4cc5c(cc4OC)C(=O)N4C=C(C)C[C@H]4CN5C(=O)OC=C)c(OC)cc3C(=O)N3C=C(C)C[C@H]3[C@@H]2O)cc1)C(C)C. The number of fused-ring (bicyclic) bond motifs is 4. The molecular weight excluding hydrogens is 997 g/mol. The molecule has 3 aromatic carbocycles. The summed E-state index contributed by atoms with van der Waals surface area (Å²) in [4.78, 5) is 98.8. The molecule has 6 amide bonds. The van der Waals surface area contributed by atoms with Crippen LogP contribution in [0.15, 0.2) is 97.8 Å². The molecule has 0 unspecified atom stereocenters. The van der Waals surface area contributed by atoms with Gasteiger partial charge >= 0.3 is 18.3 Å². The number of aliphatic hydroxyl groups is 1. The van der Waals surface area contributed by atoms with Crippen molar-refractivity contribution in [1.29, 1.82) is 0 Å². The summed E-state index contributed by atoms with van der Waals surface area (Å²) in [5.41, 5.74) is 3.75. The average molecular weight is 1060 g/mol. The largest absolute Gasteiger partial charge is 0.493 e. The molecule has 410 valence electrons. The fourth-order valence-corrected chi connectivity index (χ4v) is 9.56. The van der Waals surface area contributed by atoms with Crippen molar-refractivity contribution in [2.45, 2.75) is 110 Å². The summed E-state index contributed by atoms with van der Waals surface area (Å²) in [7, 11) is 2.90. The number of ketones is 1. The Labute approximate surface area is 446 Å². The minimum Gasteiger partial charge on any atom is -0.493 e. The van der Waals surface area contributed by atoms with Crippen molar-refractivity contribution in [3.8, 4) is 23.0 Å². The molecular formula is C56H66N6O15. The fourth-order valence-electron chi connectivity index (χ4n) is 9.56. The first-order valence-corrected chi connectivity index (χ1v) is 25.3. The molecule has 7 rings (SSSR count). The van der Waals surface area contributed by atoms with E-state index < -0.39 is 54.4 Å². The van der Waals surface area contributed by atoms with Gasteiger partial charge in [-0.2, -0.15) is 0 Å². The van der Waals surface area contributed by atoms with Gasteiger partial charge in [-0.3, -0.25) is 24.1 Å². The van der Waals surface area contributed by atoms with E-state index in [0.29, 0.717) is 60.4 Å². The lowest BCUT2D eigenvalue weighted by Crippen LogP contribution is -2.53. The first kappa shape index (κ1) is 56.4. The van der Waals surface area contributed by atoms with Crippen LogP contribution in [-0.2, 0) is 36.8 Å². The number of benzene rings is 3. The van der Waals surface area contributed by atoms with Crippen LogP contribution in [0.5, 0.6) is 23.0 Å². The van der Waals surface area contributed by atoms with Crippen molar-refractivity contribution in [3.05, 3.63) is 120 Å². The number of amides is 6. The van der Waals surface area contributed by atoms with Gasteiger partial charge in [0.2, 0.25) is 5.91 Å². The van der Waals surface area contributed by atoms with Crippen molar-refractivity contribution in [2.24, 2.45) is 5.92 Å². The van der Waals surface area contributed by atoms with Crippen LogP contribution in [0.4, 0.5) is 25.8 Å². The van der Waals surface area contributed by atoms with E-state index in [9.17, 15) is 38.7 Å². The molecule has 0 aromatic heterocycles. The van der Waals surface area contributed by atoms with E-state index in [1.807, 2.05) is 13.8 Å². The molecule has 0 saturated carbocycles. The third-order valence-electron chi connectivity index (χ3n) is 13.5. The number of nitrogens with one attached hydrogen (secondary N) is 2. The minimum absolute atomic E-state index is 0.0239. The van der Waals surface area contributed by atoms with Gasteiger partial charge in [-0.25, -0.2) is 19.3 Å². The molecule has 0 spiro atoms. The topological polar surface area (TPSA) is 241 Å². The standard InChI is InChI=1S/C56H66N6O15/c1-10-73-54(68)58-49(32(3)4)50(64)57-35(7)44(63)23-36-15-17-37(18-16-36)31-77-56(70)62-42-27-48(46(72-9)25-40(42)52(66)60-29-34(6)22-43(60)53(62)67)76-20-14-12-13-19-75-47-26-41-39(24-45(47)71-8)51(65)59-28-33(5)21-38(59)30-61(41)55(69)74-11-2/h10-11,15-18,24-29,32,35,38,43,49,53,67H,1-2,12-14,19-23,30-31H2,3-9H3,(H,57,64)(H,58,68)/t35-,38-,43-,49-,53-/m0/s1. The number of anilines is 2. The van der Waals surface area contributed by atoms with E-state index in [0.717, 1.165) is 28.6 Å². The third kappa shape index (κ3) is 12.9. The molecule has 3 aromatic rings. The van der Waals surface area contributed by atoms with E-state index in [-0.39, 0.29) is 84.7 Å². The van der Waals surface area contributed by atoms with Crippen LogP contribution in [0.3, 0.4) is 0 Å². The molecule has 0 bridgehead atoms. The highest BCUT2D eigenvalue weighted by Gasteiger charge is 2.45. The molecule has 4 heterocycles. The summed E-state index contributed by atoms with van der Waals surface area (Å²) in [6, 6.07) is 9.97. The first-order valence-electron chi connectivity index (χ1n) is 25.3. The molecule has 0 saturated heterocycles. The Morgan fingerprint density at radius 2 is 1.30 bits per heavy atom. The quantitative estimate of drug-likeness (QED) is 0.0527. The van der Waals surface area contributed by atoms with Gasteiger partial charge in [0.25, 0.3) is 11.8 Å². The van der Waals surface area contributed by atoms with E-state index in [1.165, 1.54) is 36.2 Å². The Bertz CT molecular complexity index is 2850. The van der Waals surface area contributed by atoms with Crippen molar-refractivity contribution < 1.29 is 71.8 Å². The van der Waals surface area contributed by atoms with Crippen molar-refractivity contribution in [1.82, 2.24) is 20.4 Å². The summed E-state index contributed by atoms with van der Waals surface area (Å²) in [6.45, 7) is 16.1. The van der Waals surface area contributed by atoms with Crippen LogP contribution in [0, 0.1) is 5.92 Å². The maximum absolute atomic E-state index is 14.2. The highest BCUT2D eigenvalue weighted by Crippen LogP contribution is 2.43. The number of Topliss-reactive ketones (excluding diaryl/α,β-unsaturated/α-hetero) is 1. The van der Waals surface area contributed by atoms with E-state index in [4.69, 9.17) is 28.4 Å². The zero-order valence-corrected chi connectivity index (χ0v) is 44.3. The van der Waals surface area contributed by atoms with Gasteiger partial charge < -0.3 is 58.7 Å². The Hall–Kier alpha value is -8.33. The highest BCUT2D eigenvalue weighted by molar-refractivity contribution is 6.07. The molecule has 5 atom stereocenters. The predicted molar refractivity (Wildman–Crippen MR) is 281 cm³/mol. The Kier molecular flexibility index (Phi) is 18.3. The number of carbonyl (C=O) groups is 7. The highest BCUT2D eigenvalue weighted by atomic mass is 16.6. The second kappa shape index (κ2) is 25.0. The maximum atomic E-state index is 14.2.